The van der Waals surface area contributed by atoms with E-state index in [0.29, 0.717) is 31.0 Å². The fraction of sp³-hybridized carbons (Fsp3) is 0.550. The lowest BCUT2D eigenvalue weighted by Gasteiger charge is -2.31. The number of nitrogens with one attached hydrogen (secondary N) is 1. The van der Waals surface area contributed by atoms with Gasteiger partial charge in [-0.3, -0.25) is 9.59 Å². The van der Waals surface area contributed by atoms with Gasteiger partial charge in [-0.05, 0) is 52.7 Å². The van der Waals surface area contributed by atoms with Crippen molar-refractivity contribution in [3.8, 4) is 0 Å². The Morgan fingerprint density at radius 3 is 2.78 bits per heavy atom. The fourth-order valence-electron chi connectivity index (χ4n) is 3.45. The number of furan rings is 1. The molecule has 1 atom stereocenters. The minimum atomic E-state index is -0.165. The lowest BCUT2D eigenvalue weighted by Crippen LogP contribution is -2.46. The van der Waals surface area contributed by atoms with E-state index in [1.54, 1.807) is 11.0 Å². The van der Waals surface area contributed by atoms with Crippen molar-refractivity contribution in [2.24, 2.45) is 5.92 Å². The number of likely N-dealkylation sites (tertiary alicyclic amines) is 1. The minimum Gasteiger partial charge on any atom is -0.456 e. The van der Waals surface area contributed by atoms with Crippen molar-refractivity contribution in [2.75, 3.05) is 13.1 Å². The van der Waals surface area contributed by atoms with Crippen molar-refractivity contribution in [1.82, 2.24) is 15.4 Å². The van der Waals surface area contributed by atoms with E-state index < -0.39 is 0 Å². The van der Waals surface area contributed by atoms with Gasteiger partial charge in [0.15, 0.2) is 5.76 Å². The molecule has 0 spiro atoms. The topological polar surface area (TPSA) is 88.6 Å². The van der Waals surface area contributed by atoms with E-state index in [2.05, 4.69) is 10.5 Å². The maximum atomic E-state index is 12.8. The van der Waals surface area contributed by atoms with E-state index in [0.717, 1.165) is 29.9 Å². The van der Waals surface area contributed by atoms with Crippen LogP contribution in [0, 0.1) is 19.8 Å². The number of nitrogens with zero attached hydrogens (tertiary/aromatic N) is 2. The van der Waals surface area contributed by atoms with E-state index in [1.165, 1.54) is 0 Å². The van der Waals surface area contributed by atoms with E-state index in [9.17, 15) is 9.59 Å². The largest absolute Gasteiger partial charge is 0.456 e. The molecular formula is C20H27N3O4. The summed E-state index contributed by atoms with van der Waals surface area (Å²) in [6.07, 6.45) is 2.15. The molecule has 1 aliphatic heterocycles. The van der Waals surface area contributed by atoms with E-state index in [-0.39, 0.29) is 23.8 Å². The zero-order valence-electron chi connectivity index (χ0n) is 16.4. The Bertz CT molecular complexity index is 802. The molecule has 0 aliphatic carbocycles. The molecule has 2 aromatic heterocycles. The molecule has 0 radical (unpaired) electrons. The second-order valence-electron chi connectivity index (χ2n) is 7.50. The third-order valence-corrected chi connectivity index (χ3v) is 4.91. The number of carbonyl (C=O) groups excluding carboxylic acids is 2. The minimum absolute atomic E-state index is 0.0149. The monoisotopic (exact) mass is 373 g/mol. The zero-order valence-corrected chi connectivity index (χ0v) is 16.4. The first-order valence-electron chi connectivity index (χ1n) is 9.45. The predicted molar refractivity (Wildman–Crippen MR) is 99.4 cm³/mol. The molecule has 1 fully saturated rings. The highest BCUT2D eigenvalue weighted by molar-refractivity contribution is 5.92. The highest BCUT2D eigenvalue weighted by atomic mass is 16.5. The van der Waals surface area contributed by atoms with Crippen LogP contribution < -0.4 is 5.32 Å². The zero-order chi connectivity index (χ0) is 19.6. The average Bonchev–Trinajstić information content (AvgIpc) is 3.23. The van der Waals surface area contributed by atoms with Crippen LogP contribution in [-0.4, -0.2) is 41.0 Å². The second kappa shape index (κ2) is 7.98. The van der Waals surface area contributed by atoms with Gasteiger partial charge in [0, 0.05) is 31.1 Å². The molecule has 3 rings (SSSR count). The van der Waals surface area contributed by atoms with Crippen LogP contribution in [0.3, 0.4) is 0 Å². The highest BCUT2D eigenvalue weighted by Crippen LogP contribution is 2.22. The smallest absolute Gasteiger partial charge is 0.289 e. The molecule has 1 aliphatic rings. The molecule has 0 aromatic carbocycles. The molecule has 146 valence electrons. The summed E-state index contributed by atoms with van der Waals surface area (Å²) in [5.41, 5.74) is 1.80. The number of aryl methyl sites for hydroxylation is 2. The van der Waals surface area contributed by atoms with Crippen molar-refractivity contribution in [3.05, 3.63) is 40.7 Å². The molecule has 3 heterocycles. The first-order chi connectivity index (χ1) is 12.8. The van der Waals surface area contributed by atoms with Crippen LogP contribution in [-0.2, 0) is 11.2 Å². The molecule has 2 amide bonds. The maximum Gasteiger partial charge on any atom is 0.289 e. The standard InChI is InChI=1S/C20H27N3O4/c1-12(2)21-19(24)15-6-5-9-23(11-15)20(25)18-8-7-16(26-18)10-17-13(3)22-27-14(17)4/h7-8,12,15H,5-6,9-11H2,1-4H3,(H,21,24). The number of carbonyl (C=O) groups is 2. The molecule has 7 nitrogen and oxygen atoms in total. The van der Waals surface area contributed by atoms with E-state index in [4.69, 9.17) is 8.94 Å². The van der Waals surface area contributed by atoms with Crippen molar-refractivity contribution < 1.29 is 18.5 Å². The van der Waals surface area contributed by atoms with Crippen LogP contribution in [0.15, 0.2) is 21.1 Å². The Morgan fingerprint density at radius 2 is 2.11 bits per heavy atom. The number of hydrogen-bond acceptors (Lipinski definition) is 5. The number of rotatable bonds is 5. The van der Waals surface area contributed by atoms with Crippen LogP contribution in [0.2, 0.25) is 0 Å². The number of piperidine rings is 1. The summed E-state index contributed by atoms with van der Waals surface area (Å²) >= 11 is 0. The average molecular weight is 373 g/mol. The maximum absolute atomic E-state index is 12.8. The molecule has 1 N–H and O–H groups in total. The molecule has 7 heteroatoms. The molecule has 0 saturated carbocycles. The summed E-state index contributed by atoms with van der Waals surface area (Å²) in [5, 5.41) is 6.88. The lowest BCUT2D eigenvalue weighted by atomic mass is 9.96. The molecule has 27 heavy (non-hydrogen) atoms. The van der Waals surface area contributed by atoms with Gasteiger partial charge in [0.05, 0.1) is 11.6 Å². The van der Waals surface area contributed by atoms with Gasteiger partial charge in [0.25, 0.3) is 5.91 Å². The normalized spacial score (nSPS) is 17.4. The Labute approximate surface area is 159 Å². The number of aromatic nitrogens is 1. The Hall–Kier alpha value is -2.57. The fourth-order valence-corrected chi connectivity index (χ4v) is 3.45. The predicted octanol–water partition coefficient (Wildman–Crippen LogP) is 2.85. The van der Waals surface area contributed by atoms with Crippen LogP contribution in [0.1, 0.15) is 60.0 Å². The molecule has 0 bridgehead atoms. The van der Waals surface area contributed by atoms with Gasteiger partial charge in [-0.2, -0.15) is 0 Å². The Kier molecular flexibility index (Phi) is 5.68. The van der Waals surface area contributed by atoms with Gasteiger partial charge in [-0.25, -0.2) is 0 Å². The van der Waals surface area contributed by atoms with E-state index >= 15 is 0 Å². The second-order valence-corrected chi connectivity index (χ2v) is 7.50. The summed E-state index contributed by atoms with van der Waals surface area (Å²) in [5.74, 6) is 1.44. The van der Waals surface area contributed by atoms with Gasteiger partial charge in [0.1, 0.15) is 11.5 Å². The summed E-state index contributed by atoms with van der Waals surface area (Å²) in [4.78, 5) is 26.8. The van der Waals surface area contributed by atoms with Crippen LogP contribution in [0.5, 0.6) is 0 Å². The van der Waals surface area contributed by atoms with Crippen LogP contribution in [0.4, 0.5) is 0 Å². The van der Waals surface area contributed by atoms with Gasteiger partial charge >= 0.3 is 0 Å². The van der Waals surface area contributed by atoms with Gasteiger partial charge in [0.2, 0.25) is 5.91 Å². The first kappa shape index (κ1) is 19.2. The molecule has 2 aromatic rings. The lowest BCUT2D eigenvalue weighted by molar-refractivity contribution is -0.126. The number of amides is 2. The summed E-state index contributed by atoms with van der Waals surface area (Å²) in [7, 11) is 0. The molecular weight excluding hydrogens is 346 g/mol. The summed E-state index contributed by atoms with van der Waals surface area (Å²) in [6, 6.07) is 3.61. The summed E-state index contributed by atoms with van der Waals surface area (Å²) < 4.78 is 11.0. The molecule has 1 unspecified atom stereocenters. The van der Waals surface area contributed by atoms with Gasteiger partial charge in [-0.1, -0.05) is 5.16 Å². The van der Waals surface area contributed by atoms with Crippen molar-refractivity contribution in [1.29, 1.82) is 0 Å². The van der Waals surface area contributed by atoms with Crippen LogP contribution in [0.25, 0.3) is 0 Å². The Balaban J connectivity index is 1.65. The van der Waals surface area contributed by atoms with Crippen molar-refractivity contribution >= 4 is 11.8 Å². The highest BCUT2D eigenvalue weighted by Gasteiger charge is 2.30. The van der Waals surface area contributed by atoms with Gasteiger partial charge in [-0.15, -0.1) is 0 Å². The van der Waals surface area contributed by atoms with Crippen molar-refractivity contribution in [3.63, 3.8) is 0 Å². The summed E-state index contributed by atoms with van der Waals surface area (Å²) in [6.45, 7) is 8.69. The van der Waals surface area contributed by atoms with Crippen molar-refractivity contribution in [2.45, 2.75) is 53.0 Å². The Morgan fingerprint density at radius 1 is 1.33 bits per heavy atom. The van der Waals surface area contributed by atoms with Gasteiger partial charge < -0.3 is 19.2 Å². The van der Waals surface area contributed by atoms with E-state index in [1.807, 2.05) is 33.8 Å². The SMILES string of the molecule is Cc1noc(C)c1Cc1ccc(C(=O)N2CCCC(C(=O)NC(C)C)C2)o1. The number of hydrogen-bond donors (Lipinski definition) is 1. The third-order valence-electron chi connectivity index (χ3n) is 4.91. The van der Waals surface area contributed by atoms with Crippen LogP contribution >= 0.6 is 0 Å². The molecule has 1 saturated heterocycles. The first-order valence-corrected chi connectivity index (χ1v) is 9.45. The third kappa shape index (κ3) is 4.40. The quantitative estimate of drug-likeness (QED) is 0.871.